The number of nitrogens with zero attached hydrogens (tertiary/aromatic N) is 6. The number of piperazine rings is 1. The van der Waals surface area contributed by atoms with Crippen molar-refractivity contribution in [1.82, 2.24) is 30.4 Å². The molecule has 0 unspecified atom stereocenters. The third kappa shape index (κ3) is 4.51. The molecule has 4 atom stereocenters. The summed E-state index contributed by atoms with van der Waals surface area (Å²) >= 11 is 5.85. The van der Waals surface area contributed by atoms with Crippen LogP contribution in [-0.4, -0.2) is 80.1 Å². The van der Waals surface area contributed by atoms with Crippen molar-refractivity contribution in [3.05, 3.63) is 34.4 Å². The van der Waals surface area contributed by atoms with Crippen LogP contribution in [0.25, 0.3) is 22.3 Å². The summed E-state index contributed by atoms with van der Waals surface area (Å²) < 4.78 is 72.6. The fourth-order valence-corrected chi connectivity index (χ4v) is 7.20. The highest BCUT2D eigenvalue weighted by Gasteiger charge is 2.48. The first-order valence-electron chi connectivity index (χ1n) is 13.8. The third-order valence-electron chi connectivity index (χ3n) is 8.77. The molecule has 220 valence electrons. The smallest absolute Gasteiger partial charge is 0.418 e. The molecule has 2 bridgehead atoms. The molecule has 5 saturated heterocycles. The second-order valence-electron chi connectivity index (χ2n) is 11.4. The molecule has 1 aromatic carbocycles. The van der Waals surface area contributed by atoms with Crippen molar-refractivity contribution >= 4 is 28.5 Å². The second-order valence-corrected chi connectivity index (χ2v) is 11.8. The topological polar surface area (TPSA) is 90.3 Å². The maximum atomic E-state index is 16.3. The highest BCUT2D eigenvalue weighted by Crippen LogP contribution is 2.44. The van der Waals surface area contributed by atoms with Gasteiger partial charge in [-0.1, -0.05) is 17.5 Å². The lowest BCUT2D eigenvalue weighted by Crippen LogP contribution is -2.61. The molecule has 14 heteroatoms. The number of hydrogen-bond acceptors (Lipinski definition) is 8. The molecule has 5 aliphatic heterocycles. The lowest BCUT2D eigenvalue weighted by molar-refractivity contribution is -0.137. The Hall–Kier alpha value is -3.34. The summed E-state index contributed by atoms with van der Waals surface area (Å²) in [6.07, 6.45) is -2.34. The van der Waals surface area contributed by atoms with Gasteiger partial charge in [0, 0.05) is 43.7 Å². The number of piperidine rings is 2. The van der Waals surface area contributed by atoms with E-state index in [0.717, 1.165) is 37.9 Å². The molecule has 0 saturated carbocycles. The van der Waals surface area contributed by atoms with E-state index in [0.29, 0.717) is 31.9 Å². The average molecular weight is 606 g/mol. The van der Waals surface area contributed by atoms with Crippen LogP contribution in [0.3, 0.4) is 0 Å². The number of aromatic nitrogens is 4. The molecule has 0 radical (unpaired) electrons. The van der Waals surface area contributed by atoms with E-state index in [4.69, 9.17) is 11.6 Å². The standard InChI is InChI=1S/C28H25ClF5N7O/c29-19-9-17(42)8-18(21(19)28(32,33)34)23-22(31)24-25(39-38-23)26(41-13-15-2-3-16(41)11-35-15)37-20(36-24)4-6-27-5-1-7-40(27)12-14(30)10-27/h8-9,14-16,35,42H,1-3,5,7,10-13H2/t14-,15-,16-,27-/m1/s1. The number of anilines is 1. The zero-order valence-corrected chi connectivity index (χ0v) is 22.9. The summed E-state index contributed by atoms with van der Waals surface area (Å²) in [5.41, 5.74) is -3.92. The zero-order chi connectivity index (χ0) is 29.4. The summed E-state index contributed by atoms with van der Waals surface area (Å²) in [6.45, 7) is 2.27. The number of benzene rings is 1. The van der Waals surface area contributed by atoms with Crippen molar-refractivity contribution in [2.24, 2.45) is 0 Å². The molecule has 3 aromatic rings. The largest absolute Gasteiger partial charge is 0.508 e. The molecule has 8 rings (SSSR count). The first-order chi connectivity index (χ1) is 20.0. The minimum Gasteiger partial charge on any atom is -0.508 e. The van der Waals surface area contributed by atoms with Gasteiger partial charge in [0.2, 0.25) is 5.82 Å². The van der Waals surface area contributed by atoms with E-state index in [1.54, 1.807) is 0 Å². The Balaban J connectivity index is 1.42. The Labute approximate surface area is 242 Å². The number of hydrogen-bond donors (Lipinski definition) is 2. The number of phenolic OH excluding ortho intramolecular Hbond substituents is 1. The summed E-state index contributed by atoms with van der Waals surface area (Å²) in [5.74, 6) is 4.58. The molecule has 5 fully saturated rings. The summed E-state index contributed by atoms with van der Waals surface area (Å²) in [6, 6.07) is 1.68. The van der Waals surface area contributed by atoms with Gasteiger partial charge >= 0.3 is 6.18 Å². The van der Waals surface area contributed by atoms with E-state index in [1.807, 2.05) is 9.80 Å². The van der Waals surface area contributed by atoms with Gasteiger partial charge < -0.3 is 15.3 Å². The average Bonchev–Trinajstić information content (AvgIpc) is 3.47. The zero-order valence-electron chi connectivity index (χ0n) is 22.1. The first-order valence-corrected chi connectivity index (χ1v) is 14.2. The number of halogens is 6. The quantitative estimate of drug-likeness (QED) is 0.327. The molecule has 2 N–H and O–H groups in total. The molecule has 7 heterocycles. The Morgan fingerprint density at radius 3 is 2.67 bits per heavy atom. The lowest BCUT2D eigenvalue weighted by Gasteiger charge is -2.46. The first kappa shape index (κ1) is 27.5. The van der Waals surface area contributed by atoms with E-state index >= 15 is 4.39 Å². The predicted octanol–water partition coefficient (Wildman–Crippen LogP) is 4.47. The molecule has 0 amide bonds. The normalized spacial score (nSPS) is 27.4. The molecule has 2 aromatic heterocycles. The molecule has 0 aliphatic carbocycles. The predicted molar refractivity (Wildman–Crippen MR) is 144 cm³/mol. The van der Waals surface area contributed by atoms with Crippen LogP contribution in [0, 0.1) is 17.7 Å². The Bertz CT molecular complexity index is 1650. The van der Waals surface area contributed by atoms with Crippen molar-refractivity contribution in [3.8, 4) is 28.8 Å². The van der Waals surface area contributed by atoms with E-state index < -0.39 is 51.3 Å². The Morgan fingerprint density at radius 1 is 1.12 bits per heavy atom. The van der Waals surface area contributed by atoms with Gasteiger partial charge in [0.1, 0.15) is 23.1 Å². The van der Waals surface area contributed by atoms with E-state index in [-0.39, 0.29) is 35.4 Å². The van der Waals surface area contributed by atoms with Crippen LogP contribution >= 0.6 is 11.6 Å². The van der Waals surface area contributed by atoms with Gasteiger partial charge in [0.25, 0.3) is 0 Å². The third-order valence-corrected chi connectivity index (χ3v) is 9.07. The maximum Gasteiger partial charge on any atom is 0.418 e. The fraction of sp³-hybridized carbons (Fsp3) is 0.500. The monoisotopic (exact) mass is 605 g/mol. The fourth-order valence-electron chi connectivity index (χ4n) is 6.87. The number of aromatic hydroxyl groups is 1. The molecule has 0 spiro atoms. The van der Waals surface area contributed by atoms with Gasteiger partial charge in [0.05, 0.1) is 16.1 Å². The van der Waals surface area contributed by atoms with Crippen molar-refractivity contribution < 1.29 is 27.1 Å². The van der Waals surface area contributed by atoms with Gasteiger partial charge in [-0.3, -0.25) is 4.90 Å². The summed E-state index contributed by atoms with van der Waals surface area (Å²) in [7, 11) is 0. The van der Waals surface area contributed by atoms with Crippen LogP contribution < -0.4 is 10.2 Å². The Morgan fingerprint density at radius 2 is 1.95 bits per heavy atom. The molecular weight excluding hydrogens is 581 g/mol. The van der Waals surface area contributed by atoms with Crippen molar-refractivity contribution in [2.45, 2.75) is 62.1 Å². The maximum absolute atomic E-state index is 16.3. The summed E-state index contributed by atoms with van der Waals surface area (Å²) in [5, 5.41) is 20.6. The lowest BCUT2D eigenvalue weighted by atomic mass is 9.93. The van der Waals surface area contributed by atoms with Crippen molar-refractivity contribution in [1.29, 1.82) is 0 Å². The minimum absolute atomic E-state index is 0.0143. The number of alkyl halides is 4. The van der Waals surface area contributed by atoms with Gasteiger partial charge in [-0.25, -0.2) is 18.7 Å². The number of rotatable bonds is 2. The number of nitrogens with one attached hydrogen (secondary N) is 1. The Kier molecular flexibility index (Phi) is 6.45. The van der Waals surface area contributed by atoms with E-state index in [2.05, 4.69) is 37.3 Å². The number of fused-ring (bicyclic) bond motifs is 5. The van der Waals surface area contributed by atoms with Crippen LogP contribution in [0.2, 0.25) is 5.02 Å². The van der Waals surface area contributed by atoms with Gasteiger partial charge in [-0.15, -0.1) is 10.2 Å². The molecule has 42 heavy (non-hydrogen) atoms. The van der Waals surface area contributed by atoms with Crippen LogP contribution in [0.1, 0.15) is 43.5 Å². The van der Waals surface area contributed by atoms with E-state index in [9.17, 15) is 22.7 Å². The highest BCUT2D eigenvalue weighted by molar-refractivity contribution is 6.32. The SMILES string of the molecule is Oc1cc(Cl)c(C(F)(F)F)c(-c2nnc3c(N4C[C@H]5CC[C@@H]4CN5)nc(C#C[C@@]45CCCN4C[C@H](F)C5)nc3c2F)c1. The van der Waals surface area contributed by atoms with Gasteiger partial charge in [-0.2, -0.15) is 13.2 Å². The minimum atomic E-state index is -4.97. The van der Waals surface area contributed by atoms with Gasteiger partial charge in [0.15, 0.2) is 17.2 Å². The van der Waals surface area contributed by atoms with Crippen LogP contribution in [-0.2, 0) is 6.18 Å². The second kappa shape index (κ2) is 9.86. The van der Waals surface area contributed by atoms with E-state index in [1.165, 1.54) is 0 Å². The number of phenols is 1. The van der Waals surface area contributed by atoms with Crippen LogP contribution in [0.5, 0.6) is 5.75 Å². The highest BCUT2D eigenvalue weighted by atomic mass is 35.5. The molecule has 8 nitrogen and oxygen atoms in total. The van der Waals surface area contributed by atoms with Crippen molar-refractivity contribution in [3.63, 3.8) is 0 Å². The summed E-state index contributed by atoms with van der Waals surface area (Å²) in [4.78, 5) is 13.0. The van der Waals surface area contributed by atoms with Crippen LogP contribution in [0.15, 0.2) is 12.1 Å². The molecule has 5 aliphatic rings. The van der Waals surface area contributed by atoms with Crippen LogP contribution in [0.4, 0.5) is 27.8 Å². The van der Waals surface area contributed by atoms with Crippen molar-refractivity contribution in [2.75, 3.05) is 31.1 Å². The van der Waals surface area contributed by atoms with Gasteiger partial charge in [-0.05, 0) is 50.3 Å². The molecular formula is C28H25ClF5N7O.